The molecule has 0 saturated heterocycles. The molecule has 94 valence electrons. The summed E-state index contributed by atoms with van der Waals surface area (Å²) in [6.07, 6.45) is 3.13. The van der Waals surface area contributed by atoms with E-state index in [0.717, 1.165) is 11.3 Å². The maximum Gasteiger partial charge on any atom is 0.226 e. The normalized spacial score (nSPS) is 10.7. The van der Waals surface area contributed by atoms with Crippen LogP contribution in [-0.2, 0) is 6.54 Å². The zero-order valence-corrected chi connectivity index (χ0v) is 10.6. The smallest absolute Gasteiger partial charge is 0.226 e. The molecule has 0 aliphatic rings. The molecule has 1 aromatic carbocycles. The largest absolute Gasteiger partial charge is 0.439 e. The van der Waals surface area contributed by atoms with Crippen LogP contribution < -0.4 is 10.5 Å². The Morgan fingerprint density at radius 3 is 2.89 bits per heavy atom. The molecule has 0 spiro atoms. The van der Waals surface area contributed by atoms with E-state index < -0.39 is 0 Å². The molecule has 0 aliphatic carbocycles. The summed E-state index contributed by atoms with van der Waals surface area (Å²) in [4.78, 5) is 8.04. The average molecular weight is 243 g/mol. The zero-order valence-electron chi connectivity index (χ0n) is 10.6. The van der Waals surface area contributed by atoms with Gasteiger partial charge in [-0.05, 0) is 23.6 Å². The molecule has 2 rings (SSSR count). The first-order valence-corrected chi connectivity index (χ1v) is 5.97. The van der Waals surface area contributed by atoms with Crippen LogP contribution in [0.5, 0.6) is 11.6 Å². The molecule has 0 saturated carbocycles. The van der Waals surface area contributed by atoms with Gasteiger partial charge in [-0.15, -0.1) is 0 Å². The van der Waals surface area contributed by atoms with Gasteiger partial charge in [0.15, 0.2) is 0 Å². The fourth-order valence-corrected chi connectivity index (χ4v) is 1.63. The Morgan fingerprint density at radius 1 is 1.33 bits per heavy atom. The van der Waals surface area contributed by atoms with E-state index in [-0.39, 0.29) is 0 Å². The maximum absolute atomic E-state index is 5.76. The molecule has 0 aliphatic heterocycles. The Balaban J connectivity index is 2.25. The lowest BCUT2D eigenvalue weighted by Crippen LogP contribution is -2.02. The molecule has 0 atom stereocenters. The first-order chi connectivity index (χ1) is 8.70. The summed E-state index contributed by atoms with van der Waals surface area (Å²) in [6, 6.07) is 8.00. The summed E-state index contributed by atoms with van der Waals surface area (Å²) in [5.41, 5.74) is 7.65. The predicted octanol–water partition coefficient (Wildman–Crippen LogP) is 2.85. The molecule has 2 N–H and O–H groups in total. The van der Waals surface area contributed by atoms with Gasteiger partial charge in [-0.1, -0.05) is 26.0 Å². The first kappa shape index (κ1) is 12.5. The second kappa shape index (κ2) is 5.60. The molecule has 0 fully saturated rings. The summed E-state index contributed by atoms with van der Waals surface area (Å²) in [6.45, 7) is 4.66. The lowest BCUT2D eigenvalue weighted by Gasteiger charge is -2.10. The summed E-state index contributed by atoms with van der Waals surface area (Å²) >= 11 is 0. The minimum absolute atomic E-state index is 0.361. The lowest BCUT2D eigenvalue weighted by atomic mass is 10.0. The summed E-state index contributed by atoms with van der Waals surface area (Å²) in [5.74, 6) is 1.76. The highest BCUT2D eigenvalue weighted by molar-refractivity contribution is 5.34. The van der Waals surface area contributed by atoms with Crippen LogP contribution in [0.4, 0.5) is 0 Å². The van der Waals surface area contributed by atoms with Crippen LogP contribution in [0.25, 0.3) is 0 Å². The first-order valence-electron chi connectivity index (χ1n) is 5.97. The highest BCUT2D eigenvalue weighted by Gasteiger charge is 2.06. The number of nitrogens with two attached hydrogens (primary N) is 1. The van der Waals surface area contributed by atoms with Crippen molar-refractivity contribution in [1.29, 1.82) is 0 Å². The summed E-state index contributed by atoms with van der Waals surface area (Å²) in [5, 5.41) is 0. The Labute approximate surface area is 107 Å². The summed E-state index contributed by atoms with van der Waals surface area (Å²) < 4.78 is 5.76. The quantitative estimate of drug-likeness (QED) is 0.897. The van der Waals surface area contributed by atoms with E-state index >= 15 is 0 Å². The highest BCUT2D eigenvalue weighted by Crippen LogP contribution is 2.25. The zero-order chi connectivity index (χ0) is 13.0. The fraction of sp³-hybridized carbons (Fsp3) is 0.286. The van der Waals surface area contributed by atoms with Crippen LogP contribution >= 0.6 is 0 Å². The number of benzene rings is 1. The van der Waals surface area contributed by atoms with Crippen molar-refractivity contribution in [1.82, 2.24) is 9.97 Å². The fourth-order valence-electron chi connectivity index (χ4n) is 1.63. The molecular weight excluding hydrogens is 226 g/mol. The number of ether oxygens (including phenoxy) is 1. The van der Waals surface area contributed by atoms with Gasteiger partial charge in [-0.25, -0.2) is 9.97 Å². The second-order valence-electron chi connectivity index (χ2n) is 4.39. The van der Waals surface area contributed by atoms with Crippen molar-refractivity contribution in [3.8, 4) is 11.6 Å². The second-order valence-corrected chi connectivity index (χ2v) is 4.39. The third kappa shape index (κ3) is 2.84. The number of aromatic nitrogens is 2. The Morgan fingerprint density at radius 2 is 2.17 bits per heavy atom. The van der Waals surface area contributed by atoms with E-state index in [1.165, 1.54) is 11.9 Å². The lowest BCUT2D eigenvalue weighted by molar-refractivity contribution is 0.453. The molecule has 2 aromatic rings. The highest BCUT2D eigenvalue weighted by atomic mass is 16.5. The van der Waals surface area contributed by atoms with Gasteiger partial charge < -0.3 is 10.5 Å². The summed E-state index contributed by atoms with van der Waals surface area (Å²) in [7, 11) is 0. The maximum atomic E-state index is 5.76. The van der Waals surface area contributed by atoms with Gasteiger partial charge >= 0.3 is 0 Å². The van der Waals surface area contributed by atoms with Gasteiger partial charge in [0, 0.05) is 18.3 Å². The number of hydrogen-bond donors (Lipinski definition) is 1. The van der Waals surface area contributed by atoms with Crippen molar-refractivity contribution in [2.45, 2.75) is 26.3 Å². The van der Waals surface area contributed by atoms with Crippen LogP contribution in [0, 0.1) is 0 Å². The molecule has 1 heterocycles. The van der Waals surface area contributed by atoms with E-state index in [9.17, 15) is 0 Å². The van der Waals surface area contributed by atoms with Crippen molar-refractivity contribution in [3.05, 3.63) is 47.9 Å². The van der Waals surface area contributed by atoms with Crippen LogP contribution in [-0.4, -0.2) is 9.97 Å². The number of nitrogens with zero attached hydrogens (tertiary/aromatic N) is 2. The van der Waals surface area contributed by atoms with Crippen LogP contribution in [0.15, 0.2) is 36.8 Å². The van der Waals surface area contributed by atoms with Gasteiger partial charge in [0.2, 0.25) is 5.88 Å². The predicted molar refractivity (Wildman–Crippen MR) is 70.5 cm³/mol. The SMILES string of the molecule is CC(C)c1cccc(Oc2ncncc2CN)c1. The average Bonchev–Trinajstić information content (AvgIpc) is 2.39. The number of hydrogen-bond acceptors (Lipinski definition) is 4. The molecular formula is C14H17N3O. The molecule has 0 radical (unpaired) electrons. The molecule has 0 bridgehead atoms. The number of rotatable bonds is 4. The van der Waals surface area contributed by atoms with Gasteiger partial charge in [0.1, 0.15) is 12.1 Å². The third-order valence-corrected chi connectivity index (χ3v) is 2.71. The topological polar surface area (TPSA) is 61.0 Å². The molecule has 0 unspecified atom stereocenters. The van der Waals surface area contributed by atoms with E-state index in [1.807, 2.05) is 18.2 Å². The van der Waals surface area contributed by atoms with E-state index in [0.29, 0.717) is 18.3 Å². The van der Waals surface area contributed by atoms with Crippen LogP contribution in [0.2, 0.25) is 0 Å². The minimum Gasteiger partial charge on any atom is -0.439 e. The van der Waals surface area contributed by atoms with E-state index in [4.69, 9.17) is 10.5 Å². The van der Waals surface area contributed by atoms with Crippen LogP contribution in [0.3, 0.4) is 0 Å². The van der Waals surface area contributed by atoms with Crippen molar-refractivity contribution in [2.24, 2.45) is 5.73 Å². The minimum atomic E-state index is 0.361. The van der Waals surface area contributed by atoms with E-state index in [1.54, 1.807) is 6.20 Å². The molecule has 4 nitrogen and oxygen atoms in total. The molecule has 18 heavy (non-hydrogen) atoms. The van der Waals surface area contributed by atoms with Gasteiger partial charge in [0.25, 0.3) is 0 Å². The van der Waals surface area contributed by atoms with Gasteiger partial charge in [-0.2, -0.15) is 0 Å². The van der Waals surface area contributed by atoms with E-state index in [2.05, 4.69) is 29.9 Å². The van der Waals surface area contributed by atoms with Gasteiger partial charge in [-0.3, -0.25) is 0 Å². The Hall–Kier alpha value is -1.94. The Bertz CT molecular complexity index is 526. The van der Waals surface area contributed by atoms with Gasteiger partial charge in [0.05, 0.1) is 0 Å². The molecule has 4 heteroatoms. The van der Waals surface area contributed by atoms with Crippen molar-refractivity contribution in [3.63, 3.8) is 0 Å². The third-order valence-electron chi connectivity index (χ3n) is 2.71. The van der Waals surface area contributed by atoms with Crippen molar-refractivity contribution >= 4 is 0 Å². The monoisotopic (exact) mass is 243 g/mol. The molecule has 1 aromatic heterocycles. The Kier molecular flexibility index (Phi) is 3.89. The standard InChI is InChI=1S/C14H17N3O/c1-10(2)11-4-3-5-13(6-11)18-14-12(7-15)8-16-9-17-14/h3-6,8-10H,7,15H2,1-2H3. The molecule has 0 amide bonds. The van der Waals surface area contributed by atoms with Crippen molar-refractivity contribution in [2.75, 3.05) is 0 Å². The van der Waals surface area contributed by atoms with Crippen LogP contribution in [0.1, 0.15) is 30.9 Å². The van der Waals surface area contributed by atoms with Crippen molar-refractivity contribution < 1.29 is 4.74 Å².